The maximum Gasteiger partial charge on any atom is 0.342 e. The Kier molecular flexibility index (Phi) is 5.92. The second-order valence-electron chi connectivity index (χ2n) is 7.16. The zero-order valence-corrected chi connectivity index (χ0v) is 16.1. The van der Waals surface area contributed by atoms with E-state index in [1.165, 1.54) is 5.56 Å². The summed E-state index contributed by atoms with van der Waals surface area (Å²) in [6, 6.07) is 24.1. The first-order valence-corrected chi connectivity index (χ1v) is 9.29. The third kappa shape index (κ3) is 4.20. The molecule has 27 heavy (non-hydrogen) atoms. The van der Waals surface area contributed by atoms with Gasteiger partial charge in [0.1, 0.15) is 0 Å². The number of methoxy groups -OCH3 is 1. The number of hydrogen-bond donors (Lipinski definition) is 0. The number of carbonyl (C=O) groups is 1. The molecule has 0 aliphatic heterocycles. The molecule has 0 N–H and O–H groups in total. The third-order valence-corrected chi connectivity index (χ3v) is 5.03. The molecule has 0 aliphatic carbocycles. The van der Waals surface area contributed by atoms with Crippen LogP contribution in [0, 0.1) is 5.92 Å². The van der Waals surface area contributed by atoms with E-state index in [2.05, 4.69) is 19.1 Å². The predicted octanol–water partition coefficient (Wildman–Crippen LogP) is 5.12. The second kappa shape index (κ2) is 8.36. The Morgan fingerprint density at radius 3 is 2.37 bits per heavy atom. The van der Waals surface area contributed by atoms with Crippen molar-refractivity contribution in [1.82, 2.24) is 0 Å². The van der Waals surface area contributed by atoms with Crippen LogP contribution in [0.25, 0.3) is 10.8 Å². The average Bonchev–Trinajstić information content (AvgIpc) is 2.71. The largest absolute Gasteiger partial charge is 0.463 e. The standard InChI is InChI=1S/C24H26O3/c1-18(16-19-10-5-4-6-11-19)17-27-23(25)24(2,26-3)22-15-9-13-20-12-7-8-14-21(20)22/h4-15,18H,16-17H2,1-3H3/t18-,24+/m0/s1. The van der Waals surface area contributed by atoms with Crippen molar-refractivity contribution in [1.29, 1.82) is 0 Å². The summed E-state index contributed by atoms with van der Waals surface area (Å²) < 4.78 is 11.3. The Morgan fingerprint density at radius 2 is 1.63 bits per heavy atom. The van der Waals surface area contributed by atoms with Crippen molar-refractivity contribution in [2.24, 2.45) is 5.92 Å². The lowest BCUT2D eigenvalue weighted by Gasteiger charge is -2.28. The smallest absolute Gasteiger partial charge is 0.342 e. The summed E-state index contributed by atoms with van der Waals surface area (Å²) in [4.78, 5) is 12.9. The molecule has 0 aromatic heterocycles. The minimum atomic E-state index is -1.15. The highest BCUT2D eigenvalue weighted by molar-refractivity contribution is 5.92. The van der Waals surface area contributed by atoms with Gasteiger partial charge in [-0.25, -0.2) is 4.79 Å². The van der Waals surface area contributed by atoms with Crippen LogP contribution in [0.4, 0.5) is 0 Å². The van der Waals surface area contributed by atoms with Crippen LogP contribution in [-0.2, 0) is 26.3 Å². The fourth-order valence-corrected chi connectivity index (χ4v) is 3.38. The summed E-state index contributed by atoms with van der Waals surface area (Å²) in [5.41, 5.74) is 0.918. The van der Waals surface area contributed by atoms with Gasteiger partial charge in [0.2, 0.25) is 0 Å². The minimum absolute atomic E-state index is 0.227. The lowest BCUT2D eigenvalue weighted by atomic mass is 9.90. The van der Waals surface area contributed by atoms with E-state index in [9.17, 15) is 4.79 Å². The highest BCUT2D eigenvalue weighted by Crippen LogP contribution is 2.32. The van der Waals surface area contributed by atoms with Crippen LogP contribution in [0.2, 0.25) is 0 Å². The first-order valence-electron chi connectivity index (χ1n) is 9.29. The van der Waals surface area contributed by atoms with Crippen LogP contribution in [-0.4, -0.2) is 19.7 Å². The molecular weight excluding hydrogens is 336 g/mol. The van der Waals surface area contributed by atoms with Gasteiger partial charge < -0.3 is 9.47 Å². The number of hydrogen-bond acceptors (Lipinski definition) is 3. The minimum Gasteiger partial charge on any atom is -0.463 e. The maximum absolute atomic E-state index is 12.9. The van der Waals surface area contributed by atoms with Gasteiger partial charge >= 0.3 is 5.97 Å². The van der Waals surface area contributed by atoms with Crippen LogP contribution in [0.1, 0.15) is 25.0 Å². The molecule has 0 spiro atoms. The molecule has 0 bridgehead atoms. The molecule has 3 heteroatoms. The molecule has 0 heterocycles. The van der Waals surface area contributed by atoms with E-state index in [0.29, 0.717) is 6.61 Å². The molecule has 0 saturated carbocycles. The number of esters is 1. The van der Waals surface area contributed by atoms with Crippen molar-refractivity contribution in [2.75, 3.05) is 13.7 Å². The Labute approximate surface area is 160 Å². The first kappa shape index (κ1) is 19.1. The number of carbonyl (C=O) groups excluding carboxylic acids is 1. The average molecular weight is 362 g/mol. The van der Waals surface area contributed by atoms with Gasteiger partial charge in [-0.3, -0.25) is 0 Å². The Bertz CT molecular complexity index is 898. The van der Waals surface area contributed by atoms with Gasteiger partial charge in [0.15, 0.2) is 5.60 Å². The van der Waals surface area contributed by atoms with Gasteiger partial charge in [0.05, 0.1) is 6.61 Å². The van der Waals surface area contributed by atoms with Crippen molar-refractivity contribution in [3.63, 3.8) is 0 Å². The van der Waals surface area contributed by atoms with Gasteiger partial charge in [-0.05, 0) is 35.6 Å². The lowest BCUT2D eigenvalue weighted by molar-refractivity contribution is -0.169. The van der Waals surface area contributed by atoms with Gasteiger partial charge in [0.25, 0.3) is 0 Å². The molecule has 0 unspecified atom stereocenters. The van der Waals surface area contributed by atoms with E-state index in [4.69, 9.17) is 9.47 Å². The molecule has 3 aromatic rings. The van der Waals surface area contributed by atoms with E-state index >= 15 is 0 Å². The van der Waals surface area contributed by atoms with Crippen LogP contribution in [0.3, 0.4) is 0 Å². The summed E-state index contributed by atoms with van der Waals surface area (Å²) in [6.45, 7) is 4.22. The van der Waals surface area contributed by atoms with E-state index in [1.54, 1.807) is 14.0 Å². The quantitative estimate of drug-likeness (QED) is 0.547. The molecule has 0 fully saturated rings. The van der Waals surface area contributed by atoms with Gasteiger partial charge in [0, 0.05) is 12.7 Å². The van der Waals surface area contributed by atoms with Gasteiger partial charge in [-0.2, -0.15) is 0 Å². The van der Waals surface area contributed by atoms with Crippen molar-refractivity contribution in [2.45, 2.75) is 25.9 Å². The van der Waals surface area contributed by atoms with Crippen molar-refractivity contribution < 1.29 is 14.3 Å². The topological polar surface area (TPSA) is 35.5 Å². The number of fused-ring (bicyclic) bond motifs is 1. The molecule has 0 radical (unpaired) electrons. The molecule has 3 nitrogen and oxygen atoms in total. The number of benzene rings is 3. The Balaban J connectivity index is 1.75. The van der Waals surface area contributed by atoms with E-state index in [1.807, 2.05) is 60.7 Å². The lowest BCUT2D eigenvalue weighted by Crippen LogP contribution is -2.37. The first-order chi connectivity index (χ1) is 13.0. The van der Waals surface area contributed by atoms with Crippen molar-refractivity contribution in [3.05, 3.63) is 83.9 Å². The molecule has 3 rings (SSSR count). The number of rotatable bonds is 7. The molecular formula is C24H26O3. The van der Waals surface area contributed by atoms with Crippen LogP contribution < -0.4 is 0 Å². The Hall–Kier alpha value is -2.65. The molecule has 3 aromatic carbocycles. The van der Waals surface area contributed by atoms with Crippen molar-refractivity contribution >= 4 is 16.7 Å². The summed E-state index contributed by atoms with van der Waals surface area (Å²) in [6.07, 6.45) is 0.867. The van der Waals surface area contributed by atoms with Gasteiger partial charge in [-0.1, -0.05) is 79.7 Å². The highest BCUT2D eigenvalue weighted by Gasteiger charge is 2.38. The van der Waals surface area contributed by atoms with Crippen LogP contribution in [0.5, 0.6) is 0 Å². The number of ether oxygens (including phenoxy) is 2. The fraction of sp³-hybridized carbons (Fsp3) is 0.292. The normalized spacial score (nSPS) is 14.5. The van der Waals surface area contributed by atoms with E-state index in [-0.39, 0.29) is 11.9 Å². The van der Waals surface area contributed by atoms with E-state index < -0.39 is 5.60 Å². The summed E-state index contributed by atoms with van der Waals surface area (Å²) in [7, 11) is 1.55. The molecule has 0 saturated heterocycles. The van der Waals surface area contributed by atoms with E-state index in [0.717, 1.165) is 22.8 Å². The third-order valence-electron chi connectivity index (χ3n) is 5.03. The van der Waals surface area contributed by atoms with Crippen LogP contribution in [0.15, 0.2) is 72.8 Å². The molecule has 0 aliphatic rings. The second-order valence-corrected chi connectivity index (χ2v) is 7.16. The predicted molar refractivity (Wildman–Crippen MR) is 109 cm³/mol. The van der Waals surface area contributed by atoms with Crippen molar-refractivity contribution in [3.8, 4) is 0 Å². The zero-order chi connectivity index (χ0) is 19.3. The highest BCUT2D eigenvalue weighted by atomic mass is 16.6. The fourth-order valence-electron chi connectivity index (χ4n) is 3.38. The monoisotopic (exact) mass is 362 g/mol. The van der Waals surface area contributed by atoms with Crippen LogP contribution >= 0.6 is 0 Å². The molecule has 2 atom stereocenters. The van der Waals surface area contributed by atoms with Gasteiger partial charge in [-0.15, -0.1) is 0 Å². The summed E-state index contributed by atoms with van der Waals surface area (Å²) in [5, 5.41) is 2.07. The summed E-state index contributed by atoms with van der Waals surface area (Å²) in [5.74, 6) is -0.133. The summed E-state index contributed by atoms with van der Waals surface area (Å²) >= 11 is 0. The molecule has 140 valence electrons. The SMILES string of the molecule is CO[C@@](C)(C(=O)OC[C@@H](C)Cc1ccccc1)c1cccc2ccccc12. The molecule has 0 amide bonds. The maximum atomic E-state index is 12.9. The Morgan fingerprint density at radius 1 is 0.963 bits per heavy atom. The zero-order valence-electron chi connectivity index (χ0n) is 16.1.